The minimum Gasteiger partial charge on any atom is -0.478 e. The summed E-state index contributed by atoms with van der Waals surface area (Å²) in [7, 11) is 0. The number of fused-ring (bicyclic) bond motifs is 1. The molecule has 1 aromatic rings. The van der Waals surface area contributed by atoms with Gasteiger partial charge in [-0.15, -0.1) is 0 Å². The molecule has 2 rings (SSSR count). The van der Waals surface area contributed by atoms with E-state index in [1.807, 2.05) is 24.3 Å². The molecule has 100 valence electrons. The highest BCUT2D eigenvalue weighted by Gasteiger charge is 2.29. The van der Waals surface area contributed by atoms with Crippen molar-refractivity contribution in [2.24, 2.45) is 5.92 Å². The second-order valence-corrected chi connectivity index (χ2v) is 5.23. The van der Waals surface area contributed by atoms with Crippen molar-refractivity contribution in [2.45, 2.75) is 26.3 Å². The van der Waals surface area contributed by atoms with Crippen LogP contribution in [-0.2, 0) is 4.79 Å². The maximum absolute atomic E-state index is 11.1. The smallest absolute Gasteiger partial charge is 0.328 e. The van der Waals surface area contributed by atoms with Crippen molar-refractivity contribution in [3.63, 3.8) is 0 Å². The van der Waals surface area contributed by atoms with Gasteiger partial charge in [0.1, 0.15) is 4.99 Å². The zero-order valence-corrected chi connectivity index (χ0v) is 11.8. The zero-order chi connectivity index (χ0) is 14.0. The summed E-state index contributed by atoms with van der Waals surface area (Å²) < 4.78 is 0. The van der Waals surface area contributed by atoms with Crippen LogP contribution in [0.1, 0.15) is 31.4 Å². The molecule has 4 heteroatoms. The molecule has 1 aromatic carbocycles. The third-order valence-corrected chi connectivity index (χ3v) is 3.93. The number of thiocarbonyl (C=S) groups is 1. The molecule has 0 fully saturated rings. The summed E-state index contributed by atoms with van der Waals surface area (Å²) in [5, 5.41) is 12.4. The van der Waals surface area contributed by atoms with E-state index < -0.39 is 5.97 Å². The van der Waals surface area contributed by atoms with Gasteiger partial charge >= 0.3 is 5.97 Å². The molecule has 1 aliphatic heterocycles. The summed E-state index contributed by atoms with van der Waals surface area (Å²) in [4.78, 5) is 11.8. The van der Waals surface area contributed by atoms with E-state index in [1.54, 1.807) is 0 Å². The average molecular weight is 275 g/mol. The van der Waals surface area contributed by atoms with Crippen LogP contribution in [0.4, 0.5) is 0 Å². The van der Waals surface area contributed by atoms with E-state index in [9.17, 15) is 4.79 Å². The average Bonchev–Trinajstić information content (AvgIpc) is 2.40. The maximum Gasteiger partial charge on any atom is 0.328 e. The number of aliphatic carboxylic acids is 1. The van der Waals surface area contributed by atoms with Gasteiger partial charge < -0.3 is 10.4 Å². The molecular weight excluding hydrogens is 258 g/mol. The van der Waals surface area contributed by atoms with Crippen LogP contribution in [0.3, 0.4) is 0 Å². The Balaban J connectivity index is 2.57. The van der Waals surface area contributed by atoms with Crippen LogP contribution in [0, 0.1) is 5.92 Å². The number of carboxylic acid groups (broad SMARTS) is 1. The third-order valence-electron chi connectivity index (χ3n) is 3.60. The molecule has 0 saturated carbocycles. The van der Waals surface area contributed by atoms with Crippen molar-refractivity contribution in [1.82, 2.24) is 5.32 Å². The first-order valence-corrected chi connectivity index (χ1v) is 6.80. The first kappa shape index (κ1) is 13.7. The Bertz CT molecular complexity index is 551. The van der Waals surface area contributed by atoms with E-state index >= 15 is 0 Å². The van der Waals surface area contributed by atoms with Crippen molar-refractivity contribution in [3.8, 4) is 0 Å². The first-order valence-electron chi connectivity index (χ1n) is 6.39. The number of carbonyl (C=O) groups is 1. The molecule has 19 heavy (non-hydrogen) atoms. The van der Waals surface area contributed by atoms with Gasteiger partial charge in [-0.05, 0) is 17.1 Å². The van der Waals surface area contributed by atoms with Gasteiger partial charge in [0.25, 0.3) is 0 Å². The Morgan fingerprint density at radius 3 is 2.68 bits per heavy atom. The predicted molar refractivity (Wildman–Crippen MR) is 80.1 cm³/mol. The van der Waals surface area contributed by atoms with Crippen molar-refractivity contribution in [2.75, 3.05) is 0 Å². The van der Waals surface area contributed by atoms with Crippen LogP contribution in [0.5, 0.6) is 0 Å². The van der Waals surface area contributed by atoms with Gasteiger partial charge in [0.15, 0.2) is 0 Å². The van der Waals surface area contributed by atoms with Gasteiger partial charge in [-0.2, -0.15) is 0 Å². The maximum atomic E-state index is 11.1. The van der Waals surface area contributed by atoms with E-state index in [4.69, 9.17) is 17.3 Å². The van der Waals surface area contributed by atoms with Crippen LogP contribution in [0.2, 0.25) is 0 Å². The Hall–Kier alpha value is -1.68. The normalized spacial score (nSPS) is 21.7. The van der Waals surface area contributed by atoms with Crippen LogP contribution in [0.15, 0.2) is 30.3 Å². The fourth-order valence-electron chi connectivity index (χ4n) is 2.38. The fraction of sp³-hybridized carbons (Fsp3) is 0.333. The topological polar surface area (TPSA) is 49.3 Å². The van der Waals surface area contributed by atoms with Crippen LogP contribution < -0.4 is 5.32 Å². The van der Waals surface area contributed by atoms with E-state index in [2.05, 4.69) is 19.2 Å². The van der Waals surface area contributed by atoms with Gasteiger partial charge in [-0.1, -0.05) is 56.8 Å². The highest BCUT2D eigenvalue weighted by atomic mass is 32.1. The van der Waals surface area contributed by atoms with Crippen molar-refractivity contribution in [1.29, 1.82) is 0 Å². The predicted octanol–water partition coefficient (Wildman–Crippen LogP) is 2.85. The Labute approximate surface area is 118 Å². The molecule has 0 aromatic heterocycles. The Kier molecular flexibility index (Phi) is 4.00. The van der Waals surface area contributed by atoms with Crippen LogP contribution >= 0.6 is 12.2 Å². The second kappa shape index (κ2) is 5.53. The lowest BCUT2D eigenvalue weighted by Crippen LogP contribution is -2.43. The molecular formula is C15H17NO2S. The number of rotatable bonds is 3. The largest absolute Gasteiger partial charge is 0.478 e. The summed E-state index contributed by atoms with van der Waals surface area (Å²) in [6.45, 7) is 4.19. The number of hydrogen-bond acceptors (Lipinski definition) is 2. The molecule has 0 amide bonds. The monoisotopic (exact) mass is 275 g/mol. The number of hydrogen-bond donors (Lipinski definition) is 2. The SMILES string of the molecule is CCC(C)C1NC(=S)c2ccccc2/C1=C\C(=O)O. The van der Waals surface area contributed by atoms with Gasteiger partial charge in [-0.25, -0.2) is 4.79 Å². The highest BCUT2D eigenvalue weighted by molar-refractivity contribution is 7.80. The summed E-state index contributed by atoms with van der Waals surface area (Å²) in [6, 6.07) is 7.65. The molecule has 1 aliphatic rings. The summed E-state index contributed by atoms with van der Waals surface area (Å²) in [5.41, 5.74) is 2.65. The zero-order valence-electron chi connectivity index (χ0n) is 11.0. The fourth-order valence-corrected chi connectivity index (χ4v) is 2.69. The van der Waals surface area contributed by atoms with Crippen LogP contribution in [0.25, 0.3) is 5.57 Å². The van der Waals surface area contributed by atoms with Gasteiger partial charge in [-0.3, -0.25) is 0 Å². The lowest BCUT2D eigenvalue weighted by atomic mass is 9.83. The lowest BCUT2D eigenvalue weighted by molar-refractivity contribution is -0.131. The van der Waals surface area contributed by atoms with Crippen LogP contribution in [-0.4, -0.2) is 22.1 Å². The second-order valence-electron chi connectivity index (χ2n) is 4.82. The third kappa shape index (κ3) is 2.68. The molecule has 2 N–H and O–H groups in total. The minimum absolute atomic E-state index is 0.0384. The van der Waals surface area contributed by atoms with E-state index in [0.717, 1.165) is 23.1 Å². The van der Waals surface area contributed by atoms with E-state index in [0.29, 0.717) is 10.9 Å². The molecule has 2 atom stereocenters. The van der Waals surface area contributed by atoms with Gasteiger partial charge in [0.05, 0.1) is 6.04 Å². The van der Waals surface area contributed by atoms with E-state index in [-0.39, 0.29) is 6.04 Å². The highest BCUT2D eigenvalue weighted by Crippen LogP contribution is 2.31. The lowest BCUT2D eigenvalue weighted by Gasteiger charge is -2.33. The molecule has 0 radical (unpaired) electrons. The molecule has 0 bridgehead atoms. The van der Waals surface area contributed by atoms with Crippen molar-refractivity contribution in [3.05, 3.63) is 41.5 Å². The first-order chi connectivity index (χ1) is 9.04. The standard InChI is InChI=1S/C15H17NO2S/c1-3-9(2)14-12(8-13(17)18)10-6-4-5-7-11(10)15(19)16-14/h4-9,14H,3H2,1-2H3,(H,16,19)(H,17,18)/b12-8+. The van der Waals surface area contributed by atoms with E-state index in [1.165, 1.54) is 6.08 Å². The number of benzene rings is 1. The number of carboxylic acids is 1. The summed E-state index contributed by atoms with van der Waals surface area (Å²) >= 11 is 5.39. The Morgan fingerprint density at radius 1 is 1.47 bits per heavy atom. The van der Waals surface area contributed by atoms with Crippen molar-refractivity contribution >= 4 is 28.7 Å². The van der Waals surface area contributed by atoms with Gasteiger partial charge in [0.2, 0.25) is 0 Å². The quantitative estimate of drug-likeness (QED) is 0.658. The minimum atomic E-state index is -0.923. The molecule has 3 nitrogen and oxygen atoms in total. The summed E-state index contributed by atoms with van der Waals surface area (Å²) in [5.74, 6) is -0.607. The molecule has 0 aliphatic carbocycles. The van der Waals surface area contributed by atoms with Crippen molar-refractivity contribution < 1.29 is 9.90 Å². The molecule has 1 heterocycles. The molecule has 0 spiro atoms. The molecule has 2 unspecified atom stereocenters. The summed E-state index contributed by atoms with van der Waals surface area (Å²) in [6.07, 6.45) is 2.25. The van der Waals surface area contributed by atoms with Gasteiger partial charge in [0, 0.05) is 11.6 Å². The molecule has 0 saturated heterocycles. The number of nitrogens with one attached hydrogen (secondary N) is 1. The Morgan fingerprint density at radius 2 is 2.11 bits per heavy atom.